The van der Waals surface area contributed by atoms with Gasteiger partial charge in [-0.1, -0.05) is 147 Å². The normalized spacial score (nSPS) is 12.7. The highest BCUT2D eigenvalue weighted by molar-refractivity contribution is 7.46. The van der Waals surface area contributed by atoms with Gasteiger partial charge in [0.05, 0.1) is 6.61 Å². The number of phosphoric ester groups is 1. The molecule has 0 aromatic rings. The first-order valence-electron chi connectivity index (χ1n) is 18.6. The lowest BCUT2D eigenvalue weighted by Gasteiger charge is -2.18. The number of phosphoric acid groups is 1. The van der Waals surface area contributed by atoms with Crippen molar-refractivity contribution in [1.82, 2.24) is 0 Å². The van der Waals surface area contributed by atoms with E-state index in [4.69, 9.17) is 19.3 Å². The quantitative estimate of drug-likeness (QED) is 0.0300. The number of allylic oxidation sites excluding steroid dienone is 4. The molecule has 270 valence electrons. The number of unbranched alkanes of at least 4 members (excludes halogenated alkanes) is 20. The number of carbonyl (C=O) groups excluding carboxylic acids is 2. The zero-order valence-corrected chi connectivity index (χ0v) is 30.4. The van der Waals surface area contributed by atoms with Gasteiger partial charge in [0.1, 0.15) is 6.61 Å². The van der Waals surface area contributed by atoms with Crippen molar-refractivity contribution >= 4 is 19.8 Å². The molecule has 46 heavy (non-hydrogen) atoms. The van der Waals surface area contributed by atoms with Crippen molar-refractivity contribution in [2.45, 2.75) is 187 Å². The Bertz CT molecular complexity index is 807. The second-order valence-electron chi connectivity index (χ2n) is 12.6. The molecule has 0 aliphatic rings. The second-order valence-corrected chi connectivity index (χ2v) is 13.8. The molecule has 0 amide bonds. The summed E-state index contributed by atoms with van der Waals surface area (Å²) in [5.74, 6) is -0.897. The number of ether oxygens (including phenoxy) is 2. The van der Waals surface area contributed by atoms with Gasteiger partial charge in [0.2, 0.25) is 0 Å². The summed E-state index contributed by atoms with van der Waals surface area (Å²) in [4.78, 5) is 42.6. The van der Waals surface area contributed by atoms with Crippen molar-refractivity contribution in [1.29, 1.82) is 0 Å². The Kier molecular flexibility index (Phi) is 32.4. The number of carbonyl (C=O) groups is 2. The molecule has 1 atom stereocenters. The summed E-state index contributed by atoms with van der Waals surface area (Å²) >= 11 is 0. The van der Waals surface area contributed by atoms with Gasteiger partial charge in [-0.25, -0.2) is 4.57 Å². The molecule has 0 aliphatic heterocycles. The van der Waals surface area contributed by atoms with Gasteiger partial charge in [0, 0.05) is 12.8 Å². The number of hydrogen-bond donors (Lipinski definition) is 2. The molecule has 0 saturated carbocycles. The van der Waals surface area contributed by atoms with E-state index in [0.29, 0.717) is 6.42 Å². The van der Waals surface area contributed by atoms with Gasteiger partial charge in [-0.2, -0.15) is 0 Å². The average molecular weight is 673 g/mol. The molecule has 0 aliphatic carbocycles. The highest BCUT2D eigenvalue weighted by atomic mass is 31.2. The SMILES string of the molecule is CCCCC/C=C/C/C=C/CCCCCCCC(=O)O[C@H](COC(=O)CCCCCCCCCCCCCCC)COP(=O)(O)O. The smallest absolute Gasteiger partial charge is 0.462 e. The summed E-state index contributed by atoms with van der Waals surface area (Å²) in [6.07, 6.45) is 36.1. The Hall–Kier alpha value is -1.47. The lowest BCUT2D eigenvalue weighted by atomic mass is 10.0. The maximum absolute atomic E-state index is 12.3. The molecule has 8 nitrogen and oxygen atoms in total. The molecule has 2 N–H and O–H groups in total. The molecule has 0 saturated heterocycles. The fraction of sp³-hybridized carbons (Fsp3) is 0.838. The van der Waals surface area contributed by atoms with E-state index in [0.717, 1.165) is 57.8 Å². The van der Waals surface area contributed by atoms with Crippen LogP contribution < -0.4 is 0 Å². The van der Waals surface area contributed by atoms with Gasteiger partial charge in [0.25, 0.3) is 0 Å². The van der Waals surface area contributed by atoms with Crippen molar-refractivity contribution in [3.05, 3.63) is 24.3 Å². The molecule has 0 fully saturated rings. The van der Waals surface area contributed by atoms with Crippen molar-refractivity contribution in [2.75, 3.05) is 13.2 Å². The predicted molar refractivity (Wildman–Crippen MR) is 189 cm³/mol. The molecule has 0 aromatic heterocycles. The first-order valence-corrected chi connectivity index (χ1v) is 20.2. The van der Waals surface area contributed by atoms with Crippen LogP contribution in [0.1, 0.15) is 181 Å². The molecule has 0 heterocycles. The summed E-state index contributed by atoms with van der Waals surface area (Å²) in [5, 5.41) is 0. The van der Waals surface area contributed by atoms with Crippen LogP contribution in [-0.4, -0.2) is 41.0 Å². The van der Waals surface area contributed by atoms with E-state index in [-0.39, 0.29) is 19.4 Å². The third kappa shape index (κ3) is 35.4. The molecular formula is C37H69O8P. The first kappa shape index (κ1) is 44.5. The third-order valence-corrected chi connectivity index (χ3v) is 8.46. The second kappa shape index (κ2) is 33.4. The van der Waals surface area contributed by atoms with E-state index < -0.39 is 32.5 Å². The van der Waals surface area contributed by atoms with E-state index in [2.05, 4.69) is 42.7 Å². The van der Waals surface area contributed by atoms with E-state index in [9.17, 15) is 14.2 Å². The molecular weight excluding hydrogens is 603 g/mol. The summed E-state index contributed by atoms with van der Waals surface area (Å²) < 4.78 is 26.3. The Morgan fingerprint density at radius 3 is 1.48 bits per heavy atom. The molecule has 0 rings (SSSR count). The van der Waals surface area contributed by atoms with Crippen LogP contribution in [0.5, 0.6) is 0 Å². The van der Waals surface area contributed by atoms with Crippen LogP contribution in [-0.2, 0) is 28.2 Å². The van der Waals surface area contributed by atoms with Crippen LogP contribution in [0.25, 0.3) is 0 Å². The van der Waals surface area contributed by atoms with Crippen LogP contribution in [0, 0.1) is 0 Å². The highest BCUT2D eigenvalue weighted by Crippen LogP contribution is 2.36. The summed E-state index contributed by atoms with van der Waals surface area (Å²) in [6.45, 7) is 3.64. The van der Waals surface area contributed by atoms with Crippen LogP contribution in [0.2, 0.25) is 0 Å². The van der Waals surface area contributed by atoms with E-state index in [1.54, 1.807) is 0 Å². The van der Waals surface area contributed by atoms with Gasteiger partial charge >= 0.3 is 19.8 Å². The molecule has 0 unspecified atom stereocenters. The molecule has 0 radical (unpaired) electrons. The fourth-order valence-electron chi connectivity index (χ4n) is 5.17. The summed E-state index contributed by atoms with van der Waals surface area (Å²) in [5.41, 5.74) is 0. The standard InChI is InChI=1S/C37H69O8P/c1-3-5-7-9-11-13-15-17-18-20-22-24-26-28-30-32-37(39)45-35(34-44-46(40,41)42)33-43-36(38)31-29-27-25-23-21-19-16-14-12-10-8-6-4-2/h11,13,17-18,35H,3-10,12,14-16,19-34H2,1-2H3,(H2,40,41,42)/b13-11+,18-17+/t35-/m1/s1. The Morgan fingerprint density at radius 1 is 0.565 bits per heavy atom. The lowest BCUT2D eigenvalue weighted by Crippen LogP contribution is -2.29. The zero-order valence-electron chi connectivity index (χ0n) is 29.5. The summed E-state index contributed by atoms with van der Waals surface area (Å²) in [6, 6.07) is 0. The van der Waals surface area contributed by atoms with Crippen LogP contribution in [0.4, 0.5) is 0 Å². The highest BCUT2D eigenvalue weighted by Gasteiger charge is 2.22. The maximum Gasteiger partial charge on any atom is 0.469 e. The third-order valence-electron chi connectivity index (χ3n) is 7.97. The molecule has 0 spiro atoms. The fourth-order valence-corrected chi connectivity index (χ4v) is 5.53. The Balaban J connectivity index is 3.99. The summed E-state index contributed by atoms with van der Waals surface area (Å²) in [7, 11) is -4.75. The Morgan fingerprint density at radius 2 is 0.978 bits per heavy atom. The predicted octanol–water partition coefficient (Wildman–Crippen LogP) is 10.8. The minimum atomic E-state index is -4.75. The maximum atomic E-state index is 12.3. The average Bonchev–Trinajstić information content (AvgIpc) is 3.02. The largest absolute Gasteiger partial charge is 0.469 e. The van der Waals surface area contributed by atoms with Gasteiger partial charge in [0.15, 0.2) is 6.10 Å². The number of hydrogen-bond acceptors (Lipinski definition) is 6. The van der Waals surface area contributed by atoms with Crippen molar-refractivity contribution in [3.8, 4) is 0 Å². The number of esters is 2. The number of rotatable bonds is 34. The minimum absolute atomic E-state index is 0.198. The molecule has 9 heteroatoms. The first-order chi connectivity index (χ1) is 22.3. The zero-order chi connectivity index (χ0) is 34.0. The van der Waals surface area contributed by atoms with E-state index >= 15 is 0 Å². The van der Waals surface area contributed by atoms with Gasteiger partial charge < -0.3 is 19.3 Å². The van der Waals surface area contributed by atoms with Crippen LogP contribution >= 0.6 is 7.82 Å². The van der Waals surface area contributed by atoms with Gasteiger partial charge in [-0.05, 0) is 44.9 Å². The topological polar surface area (TPSA) is 119 Å². The lowest BCUT2D eigenvalue weighted by molar-refractivity contribution is -0.161. The van der Waals surface area contributed by atoms with Crippen LogP contribution in [0.3, 0.4) is 0 Å². The van der Waals surface area contributed by atoms with E-state index in [1.165, 1.54) is 89.9 Å². The minimum Gasteiger partial charge on any atom is -0.462 e. The van der Waals surface area contributed by atoms with Crippen molar-refractivity contribution in [3.63, 3.8) is 0 Å². The van der Waals surface area contributed by atoms with Gasteiger partial charge in [-0.15, -0.1) is 0 Å². The van der Waals surface area contributed by atoms with Crippen molar-refractivity contribution in [2.24, 2.45) is 0 Å². The van der Waals surface area contributed by atoms with E-state index in [1.807, 2.05) is 0 Å². The van der Waals surface area contributed by atoms with Crippen molar-refractivity contribution < 1.29 is 37.9 Å². The molecule has 0 bridgehead atoms. The van der Waals surface area contributed by atoms with Crippen LogP contribution in [0.15, 0.2) is 24.3 Å². The monoisotopic (exact) mass is 672 g/mol. The Labute approximate surface area is 281 Å². The van der Waals surface area contributed by atoms with Gasteiger partial charge in [-0.3, -0.25) is 14.1 Å². The molecule has 0 aromatic carbocycles.